The fraction of sp³-hybridized carbons (Fsp3) is 0.474. The number of para-hydroxylation sites is 1. The summed E-state index contributed by atoms with van der Waals surface area (Å²) in [6.45, 7) is 7.06. The van der Waals surface area contributed by atoms with Crippen LogP contribution in [0.1, 0.15) is 55.6 Å². The van der Waals surface area contributed by atoms with E-state index in [0.717, 1.165) is 23.9 Å². The third-order valence-corrected chi connectivity index (χ3v) is 4.68. The van der Waals surface area contributed by atoms with Gasteiger partial charge in [0.15, 0.2) is 10.9 Å². The van der Waals surface area contributed by atoms with E-state index in [1.165, 1.54) is 19.3 Å². The molecule has 1 atom stereocenters. The first-order valence-corrected chi connectivity index (χ1v) is 9.29. The molecule has 1 amide bonds. The van der Waals surface area contributed by atoms with E-state index < -0.39 is 0 Å². The van der Waals surface area contributed by atoms with Crippen LogP contribution in [0.25, 0.3) is 11.0 Å². The van der Waals surface area contributed by atoms with E-state index in [1.54, 1.807) is 0 Å². The average Bonchev–Trinajstić information content (AvgIpc) is 2.97. The van der Waals surface area contributed by atoms with Gasteiger partial charge in [-0.25, -0.2) is 0 Å². The van der Waals surface area contributed by atoms with E-state index in [2.05, 4.69) is 30.0 Å². The molecule has 5 nitrogen and oxygen atoms in total. The molecule has 0 radical (unpaired) electrons. The molecule has 25 heavy (non-hydrogen) atoms. The summed E-state index contributed by atoms with van der Waals surface area (Å²) < 4.78 is 5.64. The molecular formula is C19H27N3O2S. The van der Waals surface area contributed by atoms with E-state index in [-0.39, 0.29) is 5.91 Å². The van der Waals surface area contributed by atoms with Gasteiger partial charge < -0.3 is 9.73 Å². The van der Waals surface area contributed by atoms with E-state index in [1.807, 2.05) is 31.2 Å². The molecule has 2 aromatic rings. The number of hydrogen-bond acceptors (Lipinski definition) is 3. The maximum Gasteiger partial charge on any atom is 0.305 e. The van der Waals surface area contributed by atoms with Crippen molar-refractivity contribution in [2.75, 3.05) is 6.54 Å². The minimum Gasteiger partial charge on any atom is -0.451 e. The second kappa shape index (κ2) is 9.42. The van der Waals surface area contributed by atoms with Gasteiger partial charge in [0, 0.05) is 17.5 Å². The van der Waals surface area contributed by atoms with Crippen LogP contribution < -0.4 is 16.2 Å². The first kappa shape index (κ1) is 19.2. The van der Waals surface area contributed by atoms with Gasteiger partial charge >= 0.3 is 5.91 Å². The monoisotopic (exact) mass is 361 g/mol. The lowest BCUT2D eigenvalue weighted by Gasteiger charge is -2.17. The molecule has 0 bridgehead atoms. The highest BCUT2D eigenvalue weighted by Gasteiger charge is 2.17. The van der Waals surface area contributed by atoms with Crippen LogP contribution in [0, 0.1) is 12.8 Å². The Kier molecular flexibility index (Phi) is 7.25. The highest BCUT2D eigenvalue weighted by atomic mass is 32.1. The lowest BCUT2D eigenvalue weighted by molar-refractivity contribution is 0.0917. The van der Waals surface area contributed by atoms with Crippen LogP contribution in [0.5, 0.6) is 0 Å². The van der Waals surface area contributed by atoms with Gasteiger partial charge in [0.2, 0.25) is 0 Å². The quantitative estimate of drug-likeness (QED) is 0.512. The molecule has 1 heterocycles. The van der Waals surface area contributed by atoms with Crippen molar-refractivity contribution in [3.63, 3.8) is 0 Å². The van der Waals surface area contributed by atoms with Crippen molar-refractivity contribution in [3.05, 3.63) is 35.6 Å². The maximum absolute atomic E-state index is 12.3. The number of carbonyl (C=O) groups excluding carboxylic acids is 1. The number of furan rings is 1. The fourth-order valence-corrected chi connectivity index (χ4v) is 2.92. The van der Waals surface area contributed by atoms with Crippen LogP contribution >= 0.6 is 12.2 Å². The highest BCUT2D eigenvalue weighted by Crippen LogP contribution is 2.24. The van der Waals surface area contributed by atoms with Crippen molar-refractivity contribution >= 4 is 34.2 Å². The Balaban J connectivity index is 1.84. The van der Waals surface area contributed by atoms with Gasteiger partial charge in [0.25, 0.3) is 0 Å². The molecule has 1 aromatic carbocycles. The molecule has 1 aromatic heterocycles. The number of fused-ring (bicyclic) bond motifs is 1. The Morgan fingerprint density at radius 3 is 2.68 bits per heavy atom. The average molecular weight is 362 g/mol. The van der Waals surface area contributed by atoms with Gasteiger partial charge in [0.05, 0.1) is 0 Å². The molecule has 2 rings (SSSR count). The minimum absolute atomic E-state index is 0.297. The summed E-state index contributed by atoms with van der Waals surface area (Å²) >= 11 is 5.23. The first-order valence-electron chi connectivity index (χ1n) is 8.89. The normalized spacial score (nSPS) is 12.0. The summed E-state index contributed by atoms with van der Waals surface area (Å²) in [5.74, 6) is 0.551. The van der Waals surface area contributed by atoms with Crippen LogP contribution in [-0.4, -0.2) is 17.6 Å². The number of hydrazine groups is 1. The van der Waals surface area contributed by atoms with Crippen LogP contribution in [0.2, 0.25) is 0 Å². The third kappa shape index (κ3) is 5.19. The Bertz CT molecular complexity index is 727. The van der Waals surface area contributed by atoms with Crippen molar-refractivity contribution in [1.82, 2.24) is 16.2 Å². The first-order chi connectivity index (χ1) is 12.1. The summed E-state index contributed by atoms with van der Waals surface area (Å²) in [5.41, 5.74) is 6.87. The molecule has 0 saturated heterocycles. The number of rotatable bonds is 7. The number of aryl methyl sites for hydroxylation is 1. The van der Waals surface area contributed by atoms with Crippen molar-refractivity contribution in [3.8, 4) is 0 Å². The van der Waals surface area contributed by atoms with Gasteiger partial charge in [-0.05, 0) is 37.5 Å². The highest BCUT2D eigenvalue weighted by molar-refractivity contribution is 7.80. The van der Waals surface area contributed by atoms with Crippen LogP contribution in [0.3, 0.4) is 0 Å². The van der Waals surface area contributed by atoms with E-state index >= 15 is 0 Å². The Hall–Kier alpha value is -2.08. The van der Waals surface area contributed by atoms with Crippen LogP contribution in [0.15, 0.2) is 28.7 Å². The van der Waals surface area contributed by atoms with Gasteiger partial charge in [-0.3, -0.25) is 15.6 Å². The molecule has 6 heteroatoms. The minimum atomic E-state index is -0.337. The van der Waals surface area contributed by atoms with Crippen LogP contribution in [0.4, 0.5) is 0 Å². The zero-order valence-electron chi connectivity index (χ0n) is 15.1. The summed E-state index contributed by atoms with van der Waals surface area (Å²) in [5, 5.41) is 4.52. The number of unbranched alkanes of at least 4 members (excludes halogenated alkanes) is 1. The lowest BCUT2D eigenvalue weighted by atomic mass is 9.99. The van der Waals surface area contributed by atoms with Crippen LogP contribution in [-0.2, 0) is 0 Å². The topological polar surface area (TPSA) is 66.3 Å². The lowest BCUT2D eigenvalue weighted by Crippen LogP contribution is -2.47. The molecule has 0 aliphatic rings. The summed E-state index contributed by atoms with van der Waals surface area (Å²) in [7, 11) is 0. The number of amides is 1. The summed E-state index contributed by atoms with van der Waals surface area (Å²) in [6.07, 6.45) is 4.72. The molecule has 0 spiro atoms. The molecule has 0 unspecified atom stereocenters. The van der Waals surface area contributed by atoms with Crippen molar-refractivity contribution in [2.45, 2.75) is 46.5 Å². The Morgan fingerprint density at radius 1 is 1.24 bits per heavy atom. The number of hydrogen-bond donors (Lipinski definition) is 3. The number of nitrogens with one attached hydrogen (secondary N) is 3. The fourth-order valence-electron chi connectivity index (χ4n) is 2.79. The third-order valence-electron chi connectivity index (χ3n) is 4.43. The van der Waals surface area contributed by atoms with Gasteiger partial charge in [-0.2, -0.15) is 0 Å². The standard InChI is InChI=1S/C19H27N3O2S/c1-4-6-9-14(5-2)12-20-19(25)22-21-18(23)17-13(3)15-10-7-8-11-16(15)24-17/h7-8,10-11,14H,4-6,9,12H2,1-3H3,(H,21,23)(H2,20,22,25)/t14-/m0/s1. The molecule has 0 aliphatic carbocycles. The predicted octanol–water partition coefficient (Wildman–Crippen LogP) is 4.07. The second-order valence-electron chi connectivity index (χ2n) is 6.26. The molecule has 0 aliphatic heterocycles. The summed E-state index contributed by atoms with van der Waals surface area (Å²) in [6, 6.07) is 7.59. The number of thiocarbonyl (C=S) groups is 1. The van der Waals surface area contributed by atoms with Crippen molar-refractivity contribution in [2.24, 2.45) is 5.92 Å². The largest absolute Gasteiger partial charge is 0.451 e. The number of benzene rings is 1. The molecular weight excluding hydrogens is 334 g/mol. The molecule has 136 valence electrons. The zero-order valence-corrected chi connectivity index (χ0v) is 16.0. The van der Waals surface area contributed by atoms with Crippen molar-refractivity contribution in [1.29, 1.82) is 0 Å². The molecule has 3 N–H and O–H groups in total. The van der Waals surface area contributed by atoms with E-state index in [0.29, 0.717) is 22.4 Å². The SMILES string of the molecule is CCCC[C@H](CC)CNC(=S)NNC(=O)c1oc2ccccc2c1C. The van der Waals surface area contributed by atoms with Gasteiger partial charge in [-0.1, -0.05) is 51.3 Å². The molecule has 0 fully saturated rings. The Labute approximate surface area is 154 Å². The molecule has 0 saturated carbocycles. The van der Waals surface area contributed by atoms with Gasteiger partial charge in [0.1, 0.15) is 5.58 Å². The zero-order chi connectivity index (χ0) is 18.2. The second-order valence-corrected chi connectivity index (χ2v) is 6.67. The summed E-state index contributed by atoms with van der Waals surface area (Å²) in [4.78, 5) is 12.3. The maximum atomic E-state index is 12.3. The van der Waals surface area contributed by atoms with Crippen molar-refractivity contribution < 1.29 is 9.21 Å². The van der Waals surface area contributed by atoms with Gasteiger partial charge in [-0.15, -0.1) is 0 Å². The smallest absolute Gasteiger partial charge is 0.305 e. The Morgan fingerprint density at radius 2 is 2.00 bits per heavy atom. The number of carbonyl (C=O) groups is 1. The van der Waals surface area contributed by atoms with E-state index in [9.17, 15) is 4.79 Å². The van der Waals surface area contributed by atoms with E-state index in [4.69, 9.17) is 16.6 Å². The predicted molar refractivity (Wildman–Crippen MR) is 105 cm³/mol.